The van der Waals surface area contributed by atoms with Crippen LogP contribution in [0.3, 0.4) is 0 Å². The highest BCUT2D eigenvalue weighted by Gasteiger charge is 2.12. The van der Waals surface area contributed by atoms with Crippen LogP contribution in [0.5, 0.6) is 5.75 Å². The third-order valence-electron chi connectivity index (χ3n) is 1.82. The van der Waals surface area contributed by atoms with Crippen LogP contribution in [-0.2, 0) is 15.0 Å². The summed E-state index contributed by atoms with van der Waals surface area (Å²) in [6, 6.07) is 6.18. The van der Waals surface area contributed by atoms with E-state index in [4.69, 9.17) is 9.84 Å². The second kappa shape index (κ2) is 6.22. The van der Waals surface area contributed by atoms with Gasteiger partial charge in [-0.25, -0.2) is 4.79 Å². The fourth-order valence-corrected chi connectivity index (χ4v) is 2.10. The highest BCUT2D eigenvalue weighted by molar-refractivity contribution is 7.90. The van der Waals surface area contributed by atoms with Crippen LogP contribution in [0.15, 0.2) is 24.3 Å². The normalized spacial score (nSPS) is 10.9. The molecule has 0 atom stereocenters. The topological polar surface area (TPSA) is 105 Å². The van der Waals surface area contributed by atoms with Gasteiger partial charge in [-0.2, -0.15) is 13.1 Å². The van der Waals surface area contributed by atoms with E-state index < -0.39 is 22.8 Å². The number of carboxylic acids is 1. The smallest absolute Gasteiger partial charge is 0.341 e. The maximum atomic E-state index is 11.5. The molecule has 0 aliphatic carbocycles. The van der Waals surface area contributed by atoms with Gasteiger partial charge in [0, 0.05) is 6.54 Å². The van der Waals surface area contributed by atoms with Gasteiger partial charge in [-0.1, -0.05) is 19.1 Å². The summed E-state index contributed by atoms with van der Waals surface area (Å²) in [5.74, 6) is -0.985. The summed E-state index contributed by atoms with van der Waals surface area (Å²) in [7, 11) is -3.67. The van der Waals surface area contributed by atoms with Crippen molar-refractivity contribution in [3.63, 3.8) is 0 Å². The van der Waals surface area contributed by atoms with E-state index >= 15 is 0 Å². The van der Waals surface area contributed by atoms with Crippen LogP contribution < -0.4 is 14.2 Å². The molecule has 0 unspecified atom stereocenters. The van der Waals surface area contributed by atoms with E-state index in [0.29, 0.717) is 0 Å². The summed E-state index contributed by atoms with van der Waals surface area (Å²) in [6.45, 7) is 1.35. The molecular formula is C10H14N2O5S. The van der Waals surface area contributed by atoms with Gasteiger partial charge in [0.25, 0.3) is 10.2 Å². The number of aliphatic carboxylic acids is 1. The molecule has 0 saturated heterocycles. The number of carboxylic acid groups (broad SMARTS) is 1. The largest absolute Gasteiger partial charge is 0.480 e. The van der Waals surface area contributed by atoms with Crippen LogP contribution in [0.1, 0.15) is 6.92 Å². The first-order valence-electron chi connectivity index (χ1n) is 5.15. The zero-order valence-electron chi connectivity index (χ0n) is 9.71. The van der Waals surface area contributed by atoms with Gasteiger partial charge < -0.3 is 9.84 Å². The molecule has 0 amide bonds. The van der Waals surface area contributed by atoms with Crippen LogP contribution in [0.2, 0.25) is 0 Å². The summed E-state index contributed by atoms with van der Waals surface area (Å²) in [5, 5.41) is 8.51. The second-order valence-corrected chi connectivity index (χ2v) is 4.78. The SMILES string of the molecule is CCNS(=O)(=O)Nc1ccccc1OCC(=O)O. The number of benzene rings is 1. The average molecular weight is 274 g/mol. The molecule has 0 heterocycles. The molecule has 100 valence electrons. The molecule has 0 bridgehead atoms. The van der Waals surface area contributed by atoms with Gasteiger partial charge in [-0.15, -0.1) is 0 Å². The zero-order chi connectivity index (χ0) is 13.6. The lowest BCUT2D eigenvalue weighted by Crippen LogP contribution is -2.30. The van der Waals surface area contributed by atoms with Crippen LogP contribution in [-0.4, -0.2) is 32.6 Å². The Hall–Kier alpha value is -1.80. The fraction of sp³-hybridized carbons (Fsp3) is 0.300. The molecule has 0 aromatic heterocycles. The fourth-order valence-electron chi connectivity index (χ4n) is 1.19. The number of rotatable bonds is 7. The minimum Gasteiger partial charge on any atom is -0.480 e. The maximum Gasteiger partial charge on any atom is 0.341 e. The van der Waals surface area contributed by atoms with Gasteiger partial charge in [0.15, 0.2) is 6.61 Å². The number of nitrogens with one attached hydrogen (secondary N) is 2. The Morgan fingerprint density at radius 1 is 1.39 bits per heavy atom. The van der Waals surface area contributed by atoms with Crippen LogP contribution in [0, 0.1) is 0 Å². The van der Waals surface area contributed by atoms with E-state index in [1.165, 1.54) is 12.1 Å². The van der Waals surface area contributed by atoms with Crippen molar-refractivity contribution >= 4 is 21.9 Å². The summed E-state index contributed by atoms with van der Waals surface area (Å²) >= 11 is 0. The van der Waals surface area contributed by atoms with E-state index in [0.717, 1.165) is 0 Å². The van der Waals surface area contributed by atoms with Crippen LogP contribution in [0.4, 0.5) is 5.69 Å². The Bertz CT molecular complexity index is 515. The van der Waals surface area contributed by atoms with Crippen LogP contribution >= 0.6 is 0 Å². The van der Waals surface area contributed by atoms with E-state index in [1.807, 2.05) is 0 Å². The van der Waals surface area contributed by atoms with Gasteiger partial charge in [-0.05, 0) is 12.1 Å². The first kappa shape index (κ1) is 14.3. The molecule has 7 nitrogen and oxygen atoms in total. The van der Waals surface area contributed by atoms with Crippen molar-refractivity contribution in [1.29, 1.82) is 0 Å². The molecule has 1 aromatic carbocycles. The Balaban J connectivity index is 2.85. The molecule has 1 aromatic rings. The Labute approximate surface area is 105 Å². The molecule has 0 spiro atoms. The van der Waals surface area contributed by atoms with Crippen molar-refractivity contribution in [3.8, 4) is 5.75 Å². The summed E-state index contributed by atoms with van der Waals surface area (Å²) < 4.78 is 32.5. The standard InChI is InChI=1S/C10H14N2O5S/c1-2-11-18(15,16)12-8-5-3-4-6-9(8)17-7-10(13)14/h3-6,11-12H,2,7H2,1H3,(H,13,14). The molecule has 0 fully saturated rings. The van der Waals surface area contributed by atoms with Crippen molar-refractivity contribution < 1.29 is 23.1 Å². The van der Waals surface area contributed by atoms with Crippen molar-refractivity contribution in [2.45, 2.75) is 6.92 Å². The minimum atomic E-state index is -3.67. The van der Waals surface area contributed by atoms with Crippen molar-refractivity contribution in [3.05, 3.63) is 24.3 Å². The predicted molar refractivity (Wildman–Crippen MR) is 65.8 cm³/mol. The highest BCUT2D eigenvalue weighted by Crippen LogP contribution is 2.24. The van der Waals surface area contributed by atoms with Crippen molar-refractivity contribution in [2.75, 3.05) is 17.9 Å². The molecular weight excluding hydrogens is 260 g/mol. The zero-order valence-corrected chi connectivity index (χ0v) is 10.5. The summed E-state index contributed by atoms with van der Waals surface area (Å²) in [5.41, 5.74) is 0.180. The van der Waals surface area contributed by atoms with Gasteiger partial charge in [-0.3, -0.25) is 4.72 Å². The molecule has 1 rings (SSSR count). The number of carbonyl (C=O) groups is 1. The predicted octanol–water partition coefficient (Wildman–Crippen LogP) is 0.416. The maximum absolute atomic E-state index is 11.5. The monoisotopic (exact) mass is 274 g/mol. The first-order chi connectivity index (χ1) is 8.44. The third-order valence-corrected chi connectivity index (χ3v) is 2.97. The van der Waals surface area contributed by atoms with E-state index in [9.17, 15) is 13.2 Å². The van der Waals surface area contributed by atoms with Crippen LogP contribution in [0.25, 0.3) is 0 Å². The molecule has 3 N–H and O–H groups in total. The van der Waals surface area contributed by atoms with Gasteiger partial charge in [0.2, 0.25) is 0 Å². The molecule has 0 aliphatic rings. The van der Waals surface area contributed by atoms with E-state index in [1.54, 1.807) is 19.1 Å². The van der Waals surface area contributed by atoms with Crippen molar-refractivity contribution in [2.24, 2.45) is 0 Å². The lowest BCUT2D eigenvalue weighted by molar-refractivity contribution is -0.139. The molecule has 0 aliphatic heterocycles. The Morgan fingerprint density at radius 3 is 2.67 bits per heavy atom. The lowest BCUT2D eigenvalue weighted by atomic mass is 10.3. The van der Waals surface area contributed by atoms with Crippen molar-refractivity contribution in [1.82, 2.24) is 4.72 Å². The lowest BCUT2D eigenvalue weighted by Gasteiger charge is -2.12. The quantitative estimate of drug-likeness (QED) is 0.668. The van der Waals surface area contributed by atoms with Gasteiger partial charge >= 0.3 is 5.97 Å². The van der Waals surface area contributed by atoms with Gasteiger partial charge in [0.1, 0.15) is 5.75 Å². The number of anilines is 1. The molecule has 0 radical (unpaired) electrons. The average Bonchev–Trinajstić information content (AvgIpc) is 2.27. The second-order valence-electron chi connectivity index (χ2n) is 3.28. The summed E-state index contributed by atoms with van der Waals surface area (Å²) in [6.07, 6.45) is 0. The Kier molecular flexibility index (Phi) is 4.93. The number of ether oxygens (including phenoxy) is 1. The highest BCUT2D eigenvalue weighted by atomic mass is 32.2. The molecule has 18 heavy (non-hydrogen) atoms. The number of hydrogen-bond acceptors (Lipinski definition) is 4. The van der Waals surface area contributed by atoms with E-state index in [2.05, 4.69) is 9.44 Å². The van der Waals surface area contributed by atoms with Gasteiger partial charge in [0.05, 0.1) is 5.69 Å². The first-order valence-corrected chi connectivity index (χ1v) is 6.64. The summed E-state index contributed by atoms with van der Waals surface area (Å²) in [4.78, 5) is 10.4. The Morgan fingerprint density at radius 2 is 2.06 bits per heavy atom. The number of para-hydroxylation sites is 2. The molecule has 8 heteroatoms. The van der Waals surface area contributed by atoms with E-state index in [-0.39, 0.29) is 18.0 Å². The third kappa shape index (κ3) is 4.60. The minimum absolute atomic E-state index is 0.154. The molecule has 0 saturated carbocycles. The number of hydrogen-bond donors (Lipinski definition) is 3.